The van der Waals surface area contributed by atoms with Gasteiger partial charge >= 0.3 is 0 Å². The Hall–Kier alpha value is -4.24. The summed E-state index contributed by atoms with van der Waals surface area (Å²) in [5.41, 5.74) is 1.76. The molecule has 0 N–H and O–H groups in total. The van der Waals surface area contributed by atoms with Crippen LogP contribution in [0.25, 0.3) is 0 Å². The third-order valence-corrected chi connectivity index (χ3v) is 6.57. The number of para-hydroxylation sites is 1. The lowest BCUT2D eigenvalue weighted by atomic mass is 9.89. The topological polar surface area (TPSA) is 86.8 Å². The second-order valence-electron chi connectivity index (χ2n) is 8.52. The highest BCUT2D eigenvalue weighted by atomic mass is 16.7. The van der Waals surface area contributed by atoms with Crippen molar-refractivity contribution in [1.29, 1.82) is 0 Å². The molecule has 3 aromatic rings. The molecule has 192 valence electrons. The van der Waals surface area contributed by atoms with Gasteiger partial charge in [-0.25, -0.2) is 9.96 Å². The zero-order valence-corrected chi connectivity index (χ0v) is 21.0. The Morgan fingerprint density at radius 2 is 1.54 bits per heavy atom. The summed E-state index contributed by atoms with van der Waals surface area (Å²) in [6, 6.07) is 19.1. The zero-order chi connectivity index (χ0) is 26.1. The number of rotatable bonds is 8. The summed E-state index contributed by atoms with van der Waals surface area (Å²) < 4.78 is 22.4. The molecular weight excluding hydrogens is 476 g/mol. The highest BCUT2D eigenvalue weighted by Crippen LogP contribution is 2.52. The molecule has 2 saturated heterocycles. The minimum Gasteiger partial charge on any atom is -0.494 e. The Morgan fingerprint density at radius 1 is 0.811 bits per heavy atom. The van der Waals surface area contributed by atoms with E-state index >= 15 is 0 Å². The van der Waals surface area contributed by atoms with E-state index < -0.39 is 24.0 Å². The monoisotopic (exact) mass is 504 g/mol. The van der Waals surface area contributed by atoms with Crippen LogP contribution >= 0.6 is 0 Å². The van der Waals surface area contributed by atoms with Gasteiger partial charge in [0, 0.05) is 11.6 Å². The number of nitrogens with zero attached hydrogens (tertiary/aromatic N) is 2. The number of methoxy groups -OCH3 is 3. The van der Waals surface area contributed by atoms with E-state index in [4.69, 9.17) is 23.8 Å². The van der Waals surface area contributed by atoms with Crippen molar-refractivity contribution in [2.24, 2.45) is 5.92 Å². The van der Waals surface area contributed by atoms with Crippen LogP contribution < -0.4 is 28.9 Å². The Bertz CT molecular complexity index is 1310. The summed E-state index contributed by atoms with van der Waals surface area (Å²) >= 11 is 0. The van der Waals surface area contributed by atoms with Gasteiger partial charge in [-0.1, -0.05) is 24.3 Å². The van der Waals surface area contributed by atoms with Crippen molar-refractivity contribution in [3.63, 3.8) is 0 Å². The van der Waals surface area contributed by atoms with Crippen LogP contribution in [0.1, 0.15) is 18.5 Å². The number of carbonyl (C=O) groups is 2. The maximum absolute atomic E-state index is 14.0. The first-order valence-corrected chi connectivity index (χ1v) is 11.9. The fourth-order valence-electron chi connectivity index (χ4n) is 5.02. The van der Waals surface area contributed by atoms with E-state index in [9.17, 15) is 9.59 Å². The predicted molar refractivity (Wildman–Crippen MR) is 136 cm³/mol. The minimum atomic E-state index is -1.02. The van der Waals surface area contributed by atoms with Gasteiger partial charge < -0.3 is 18.9 Å². The zero-order valence-electron chi connectivity index (χ0n) is 21.0. The van der Waals surface area contributed by atoms with E-state index in [2.05, 4.69) is 0 Å². The molecule has 9 heteroatoms. The van der Waals surface area contributed by atoms with Crippen LogP contribution in [-0.2, 0) is 14.4 Å². The van der Waals surface area contributed by atoms with Crippen LogP contribution in [0.2, 0.25) is 0 Å². The van der Waals surface area contributed by atoms with Gasteiger partial charge in [0.2, 0.25) is 11.7 Å². The van der Waals surface area contributed by atoms with Crippen LogP contribution in [0.3, 0.4) is 0 Å². The third kappa shape index (κ3) is 4.01. The number of ether oxygens (including phenoxy) is 4. The molecule has 2 heterocycles. The molecule has 0 unspecified atom stereocenters. The minimum absolute atomic E-state index is 0.371. The number of hydrogen-bond donors (Lipinski definition) is 0. The molecule has 2 fully saturated rings. The first-order valence-electron chi connectivity index (χ1n) is 11.9. The van der Waals surface area contributed by atoms with Crippen LogP contribution in [0, 0.1) is 5.92 Å². The lowest BCUT2D eigenvalue weighted by molar-refractivity contribution is -0.126. The molecule has 0 spiro atoms. The number of hydrogen-bond acceptors (Lipinski definition) is 8. The van der Waals surface area contributed by atoms with Gasteiger partial charge in [0.25, 0.3) is 5.91 Å². The van der Waals surface area contributed by atoms with Crippen molar-refractivity contribution in [3.8, 4) is 23.0 Å². The number of carbonyl (C=O) groups excluding carboxylic acids is 2. The largest absolute Gasteiger partial charge is 0.494 e. The number of hydroxylamine groups is 1. The van der Waals surface area contributed by atoms with E-state index in [1.807, 2.05) is 43.3 Å². The van der Waals surface area contributed by atoms with Crippen LogP contribution in [-0.4, -0.2) is 45.9 Å². The maximum Gasteiger partial charge on any atom is 0.266 e. The maximum atomic E-state index is 14.0. The first-order chi connectivity index (χ1) is 18.0. The third-order valence-electron chi connectivity index (χ3n) is 6.57. The van der Waals surface area contributed by atoms with Gasteiger partial charge in [0.15, 0.2) is 17.6 Å². The molecule has 0 saturated carbocycles. The molecule has 2 aliphatic heterocycles. The van der Waals surface area contributed by atoms with E-state index in [-0.39, 0.29) is 5.91 Å². The average Bonchev–Trinajstić information content (AvgIpc) is 3.43. The lowest BCUT2D eigenvalue weighted by Gasteiger charge is -2.30. The molecule has 0 aromatic heterocycles. The fourth-order valence-corrected chi connectivity index (χ4v) is 5.02. The fraction of sp³-hybridized carbons (Fsp3) is 0.286. The molecule has 37 heavy (non-hydrogen) atoms. The van der Waals surface area contributed by atoms with Gasteiger partial charge in [-0.2, -0.15) is 0 Å². The van der Waals surface area contributed by atoms with Gasteiger partial charge in [-0.05, 0) is 43.3 Å². The Kier molecular flexibility index (Phi) is 6.62. The van der Waals surface area contributed by atoms with Crippen LogP contribution in [0.5, 0.6) is 23.0 Å². The molecule has 9 nitrogen and oxygen atoms in total. The molecule has 0 bridgehead atoms. The van der Waals surface area contributed by atoms with E-state index in [0.29, 0.717) is 46.5 Å². The second-order valence-corrected chi connectivity index (χ2v) is 8.52. The summed E-state index contributed by atoms with van der Waals surface area (Å²) in [5, 5.41) is 1.61. The SMILES string of the molecule is CCOc1cccc(N2C(=O)[C@H]3[C@H](ON(c4ccccc4)[C@H]3c3ccc(OC)c(OC)c3OC)C2=O)c1. The van der Waals surface area contributed by atoms with Gasteiger partial charge in [-0.15, -0.1) is 0 Å². The van der Waals surface area contributed by atoms with Crippen molar-refractivity contribution in [1.82, 2.24) is 0 Å². The quantitative estimate of drug-likeness (QED) is 0.423. The molecular formula is C28H28N2O7. The number of benzene rings is 3. The Morgan fingerprint density at radius 3 is 2.22 bits per heavy atom. The normalized spacial score (nSPS) is 20.7. The number of amides is 2. The molecule has 0 aliphatic carbocycles. The standard InChI is InChI=1S/C28H28N2O7/c1-5-36-19-13-9-12-18(16-19)29-27(31)22-23(20-14-15-21(33-2)25(35-4)24(20)34-3)30(37-26(22)28(29)32)17-10-7-6-8-11-17/h6-16,22-23,26H,5H2,1-4H3/t22-,23+,26+/m1/s1. The Balaban J connectivity index is 1.63. The molecule has 5 rings (SSSR count). The molecule has 0 radical (unpaired) electrons. The van der Waals surface area contributed by atoms with Gasteiger partial charge in [0.05, 0.1) is 39.3 Å². The molecule has 3 aromatic carbocycles. The van der Waals surface area contributed by atoms with E-state index in [1.165, 1.54) is 26.2 Å². The smallest absolute Gasteiger partial charge is 0.266 e. The van der Waals surface area contributed by atoms with Crippen molar-refractivity contribution in [2.45, 2.75) is 19.1 Å². The highest BCUT2D eigenvalue weighted by molar-refractivity contribution is 6.24. The lowest BCUT2D eigenvalue weighted by Crippen LogP contribution is -2.37. The summed E-state index contributed by atoms with van der Waals surface area (Å²) in [7, 11) is 4.58. The van der Waals surface area contributed by atoms with Crippen molar-refractivity contribution in [2.75, 3.05) is 37.9 Å². The second kappa shape index (κ2) is 10.0. The van der Waals surface area contributed by atoms with Gasteiger partial charge in [-0.3, -0.25) is 14.4 Å². The van der Waals surface area contributed by atoms with Crippen LogP contribution in [0.4, 0.5) is 11.4 Å². The van der Waals surface area contributed by atoms with Gasteiger partial charge in [0.1, 0.15) is 17.7 Å². The molecule has 3 atom stereocenters. The predicted octanol–water partition coefficient (Wildman–Crippen LogP) is 4.16. The summed E-state index contributed by atoms with van der Waals surface area (Å²) in [4.78, 5) is 35.0. The molecule has 2 amide bonds. The van der Waals surface area contributed by atoms with Crippen molar-refractivity contribution in [3.05, 3.63) is 72.3 Å². The number of fused-ring (bicyclic) bond motifs is 1. The Labute approximate surface area is 215 Å². The molecule has 2 aliphatic rings. The average molecular weight is 505 g/mol. The van der Waals surface area contributed by atoms with Crippen molar-refractivity contribution >= 4 is 23.2 Å². The van der Waals surface area contributed by atoms with E-state index in [1.54, 1.807) is 35.4 Å². The summed E-state index contributed by atoms with van der Waals surface area (Å²) in [6.07, 6.45) is -1.02. The summed E-state index contributed by atoms with van der Waals surface area (Å²) in [5.74, 6) is 0.188. The number of anilines is 2. The van der Waals surface area contributed by atoms with Crippen molar-refractivity contribution < 1.29 is 33.4 Å². The summed E-state index contributed by atoms with van der Waals surface area (Å²) in [6.45, 7) is 2.34. The van der Waals surface area contributed by atoms with E-state index in [0.717, 1.165) is 0 Å². The highest BCUT2D eigenvalue weighted by Gasteiger charge is 2.61. The first kappa shape index (κ1) is 24.5. The van der Waals surface area contributed by atoms with Crippen LogP contribution in [0.15, 0.2) is 66.7 Å². The number of imide groups is 1.